The summed E-state index contributed by atoms with van der Waals surface area (Å²) in [4.78, 5) is 44.9. The largest absolute Gasteiger partial charge is 0.493 e. The monoisotopic (exact) mass is 580 g/mol. The van der Waals surface area contributed by atoms with Gasteiger partial charge in [0.25, 0.3) is 0 Å². The van der Waals surface area contributed by atoms with Crippen molar-refractivity contribution in [3.05, 3.63) is 47.5 Å². The van der Waals surface area contributed by atoms with E-state index < -0.39 is 23.8 Å². The Morgan fingerprint density at radius 1 is 1.19 bits per heavy atom. The highest BCUT2D eigenvalue weighted by Gasteiger charge is 2.48. The van der Waals surface area contributed by atoms with Gasteiger partial charge in [0.2, 0.25) is 24.4 Å². The van der Waals surface area contributed by atoms with Gasteiger partial charge in [-0.05, 0) is 42.2 Å². The lowest BCUT2D eigenvalue weighted by Crippen LogP contribution is -2.46. The molecule has 0 bridgehead atoms. The average molecular weight is 581 g/mol. The Hall–Kier alpha value is -3.83. The summed E-state index contributed by atoms with van der Waals surface area (Å²) in [6.45, 7) is 4.32. The molecule has 226 valence electrons. The van der Waals surface area contributed by atoms with Crippen LogP contribution in [0.1, 0.15) is 43.2 Å². The number of carboxylic acids is 1. The topological polar surface area (TPSA) is 135 Å². The fraction of sp³-hybridized carbons (Fsp3) is 0.516. The number of nitrogens with zero attached hydrogens (tertiary/aromatic N) is 3. The van der Waals surface area contributed by atoms with Gasteiger partial charge in [0, 0.05) is 50.4 Å². The number of unbranched alkanes of at least 4 members (excludes halogenated alkanes) is 1. The Morgan fingerprint density at radius 2 is 2.00 bits per heavy atom. The van der Waals surface area contributed by atoms with E-state index in [1.165, 1.54) is 7.11 Å². The molecule has 2 aromatic rings. The Kier molecular flexibility index (Phi) is 9.18. The zero-order chi connectivity index (χ0) is 29.8. The normalized spacial score (nSPS) is 21.1. The average Bonchev–Trinajstić information content (AvgIpc) is 3.68. The number of fused-ring (bicyclic) bond motifs is 2. The quantitative estimate of drug-likeness (QED) is 0.366. The van der Waals surface area contributed by atoms with Crippen LogP contribution in [-0.4, -0.2) is 91.9 Å². The Balaban J connectivity index is 1.45. The van der Waals surface area contributed by atoms with Gasteiger partial charge in [-0.1, -0.05) is 31.5 Å². The number of para-hydroxylation sites is 1. The summed E-state index contributed by atoms with van der Waals surface area (Å²) in [5, 5.41) is 10.6. The van der Waals surface area contributed by atoms with Crippen LogP contribution in [0, 0.1) is 5.92 Å². The number of methoxy groups -OCH3 is 1. The SMILES string of the molecule is CCCCN(CCN)C(=O)CN1CC(c2cc(OC)c3c(c2)OCO3)C(C(=O)O)C1CCN1C(=O)Cc2ccccc21. The molecule has 0 aromatic heterocycles. The molecule has 42 heavy (non-hydrogen) atoms. The van der Waals surface area contributed by atoms with Crippen LogP contribution in [0.15, 0.2) is 36.4 Å². The number of carboxylic acid groups (broad SMARTS) is 1. The van der Waals surface area contributed by atoms with Crippen molar-refractivity contribution in [2.45, 2.75) is 44.6 Å². The van der Waals surface area contributed by atoms with Gasteiger partial charge < -0.3 is 34.9 Å². The second-order valence-electron chi connectivity index (χ2n) is 11.1. The number of hydrogen-bond donors (Lipinski definition) is 2. The predicted octanol–water partition coefficient (Wildman–Crippen LogP) is 2.46. The number of ether oxygens (including phenoxy) is 3. The van der Waals surface area contributed by atoms with Crippen LogP contribution >= 0.6 is 0 Å². The van der Waals surface area contributed by atoms with Crippen molar-refractivity contribution >= 4 is 23.5 Å². The molecule has 3 N–H and O–H groups in total. The molecule has 5 rings (SSSR count). The van der Waals surface area contributed by atoms with E-state index >= 15 is 0 Å². The molecular weight excluding hydrogens is 540 g/mol. The molecule has 3 atom stereocenters. The third-order valence-corrected chi connectivity index (χ3v) is 8.59. The number of benzene rings is 2. The molecule has 3 aliphatic rings. The van der Waals surface area contributed by atoms with Gasteiger partial charge in [0.15, 0.2) is 11.5 Å². The molecule has 1 saturated heterocycles. The predicted molar refractivity (Wildman–Crippen MR) is 156 cm³/mol. The number of hydrogen-bond acceptors (Lipinski definition) is 8. The molecular formula is C31H40N4O7. The number of nitrogens with two attached hydrogens (primary N) is 1. The first-order valence-corrected chi connectivity index (χ1v) is 14.7. The van der Waals surface area contributed by atoms with Gasteiger partial charge in [-0.3, -0.25) is 19.3 Å². The smallest absolute Gasteiger partial charge is 0.308 e. The maximum absolute atomic E-state index is 13.6. The van der Waals surface area contributed by atoms with E-state index in [1.807, 2.05) is 35.2 Å². The summed E-state index contributed by atoms with van der Waals surface area (Å²) < 4.78 is 16.7. The van der Waals surface area contributed by atoms with Crippen LogP contribution in [0.4, 0.5) is 5.69 Å². The van der Waals surface area contributed by atoms with Crippen LogP contribution in [-0.2, 0) is 20.8 Å². The molecule has 3 heterocycles. The minimum atomic E-state index is -0.950. The molecule has 3 aliphatic heterocycles. The number of aliphatic carboxylic acids is 1. The van der Waals surface area contributed by atoms with E-state index in [2.05, 4.69) is 6.92 Å². The van der Waals surface area contributed by atoms with Gasteiger partial charge in [-0.25, -0.2) is 0 Å². The first-order chi connectivity index (χ1) is 20.4. The van der Waals surface area contributed by atoms with Crippen LogP contribution in [0.25, 0.3) is 0 Å². The van der Waals surface area contributed by atoms with Gasteiger partial charge in [-0.2, -0.15) is 0 Å². The van der Waals surface area contributed by atoms with Gasteiger partial charge in [-0.15, -0.1) is 0 Å². The second-order valence-corrected chi connectivity index (χ2v) is 11.1. The Morgan fingerprint density at radius 3 is 2.74 bits per heavy atom. The van der Waals surface area contributed by atoms with Crippen molar-refractivity contribution in [1.29, 1.82) is 0 Å². The summed E-state index contributed by atoms with van der Waals surface area (Å²) >= 11 is 0. The third-order valence-electron chi connectivity index (χ3n) is 8.59. The highest BCUT2D eigenvalue weighted by Crippen LogP contribution is 2.47. The minimum Gasteiger partial charge on any atom is -0.493 e. The molecule has 11 heteroatoms. The van der Waals surface area contributed by atoms with Crippen LogP contribution in [0.5, 0.6) is 17.2 Å². The van der Waals surface area contributed by atoms with Crippen molar-refractivity contribution in [1.82, 2.24) is 9.80 Å². The van der Waals surface area contributed by atoms with Crippen molar-refractivity contribution in [2.24, 2.45) is 11.7 Å². The van der Waals surface area contributed by atoms with E-state index in [4.69, 9.17) is 19.9 Å². The first-order valence-electron chi connectivity index (χ1n) is 14.7. The number of amides is 2. The molecule has 2 amide bonds. The minimum absolute atomic E-state index is 0.00515. The number of carbonyl (C=O) groups excluding carboxylic acids is 2. The molecule has 0 radical (unpaired) electrons. The highest BCUT2D eigenvalue weighted by atomic mass is 16.7. The molecule has 1 fully saturated rings. The maximum Gasteiger partial charge on any atom is 0.308 e. The summed E-state index contributed by atoms with van der Waals surface area (Å²) in [6, 6.07) is 10.8. The van der Waals surface area contributed by atoms with E-state index in [0.29, 0.717) is 62.8 Å². The molecule has 2 aromatic carbocycles. The summed E-state index contributed by atoms with van der Waals surface area (Å²) in [6.07, 6.45) is 2.54. The van der Waals surface area contributed by atoms with E-state index in [9.17, 15) is 19.5 Å². The van der Waals surface area contributed by atoms with Crippen LogP contribution in [0.3, 0.4) is 0 Å². The third kappa shape index (κ3) is 5.89. The maximum atomic E-state index is 13.6. The lowest BCUT2D eigenvalue weighted by molar-refractivity contribution is -0.143. The highest BCUT2D eigenvalue weighted by molar-refractivity contribution is 6.01. The lowest BCUT2D eigenvalue weighted by Gasteiger charge is -2.30. The van der Waals surface area contributed by atoms with Crippen molar-refractivity contribution in [3.8, 4) is 17.2 Å². The number of rotatable bonds is 13. The molecule has 11 nitrogen and oxygen atoms in total. The molecule has 3 unspecified atom stereocenters. The summed E-state index contributed by atoms with van der Waals surface area (Å²) in [5.74, 6) is -0.818. The number of anilines is 1. The van der Waals surface area contributed by atoms with Crippen molar-refractivity contribution in [2.75, 3.05) is 58.1 Å². The van der Waals surface area contributed by atoms with Crippen molar-refractivity contribution in [3.63, 3.8) is 0 Å². The Bertz CT molecular complexity index is 1320. The van der Waals surface area contributed by atoms with Gasteiger partial charge in [0.1, 0.15) is 0 Å². The zero-order valence-corrected chi connectivity index (χ0v) is 24.3. The number of likely N-dealkylation sites (tertiary alicyclic amines) is 1. The summed E-state index contributed by atoms with van der Waals surface area (Å²) in [5.41, 5.74) is 8.39. The number of carbonyl (C=O) groups is 3. The summed E-state index contributed by atoms with van der Waals surface area (Å²) in [7, 11) is 1.53. The standard InChI is InChI=1S/C31H40N4O7/c1-3-4-11-33(13-10-32)28(37)18-34-17-22(21-14-25(40-2)30-26(15-21)41-19-42-30)29(31(38)39)24(34)9-12-35-23-8-6-5-7-20(23)16-27(35)36/h5-8,14-15,22,24,29H,3-4,9-13,16-19,32H2,1-2H3,(H,38,39). The van der Waals surface area contributed by atoms with Crippen LogP contribution < -0.4 is 24.8 Å². The second kappa shape index (κ2) is 13.0. The van der Waals surface area contributed by atoms with Crippen LogP contribution in [0.2, 0.25) is 0 Å². The fourth-order valence-electron chi connectivity index (χ4n) is 6.52. The van der Waals surface area contributed by atoms with E-state index in [1.54, 1.807) is 15.9 Å². The van der Waals surface area contributed by atoms with Gasteiger partial charge in [0.05, 0.1) is 26.0 Å². The van der Waals surface area contributed by atoms with E-state index in [-0.39, 0.29) is 25.2 Å². The lowest BCUT2D eigenvalue weighted by atomic mass is 9.84. The molecule has 0 spiro atoms. The van der Waals surface area contributed by atoms with Gasteiger partial charge >= 0.3 is 5.97 Å². The first kappa shape index (κ1) is 29.7. The Labute approximate surface area is 246 Å². The van der Waals surface area contributed by atoms with E-state index in [0.717, 1.165) is 29.7 Å². The van der Waals surface area contributed by atoms with Crippen molar-refractivity contribution < 1.29 is 33.7 Å². The zero-order valence-electron chi connectivity index (χ0n) is 24.3. The fourth-order valence-corrected chi connectivity index (χ4v) is 6.52. The molecule has 0 saturated carbocycles. The molecule has 0 aliphatic carbocycles.